The molecule has 0 aliphatic heterocycles. The van der Waals surface area contributed by atoms with Crippen molar-refractivity contribution in [3.05, 3.63) is 29.3 Å². The molecule has 5 heteroatoms. The molecular weight excluding hydrogens is 232 g/mol. The number of aliphatic carboxylic acids is 1. The van der Waals surface area contributed by atoms with Crippen molar-refractivity contribution in [3.8, 4) is 6.07 Å². The van der Waals surface area contributed by atoms with Gasteiger partial charge in [-0.15, -0.1) is 0 Å². The van der Waals surface area contributed by atoms with Crippen LogP contribution >= 0.6 is 0 Å². The molecule has 1 aliphatic carbocycles. The fraction of sp³-hybridized carbons (Fsp3) is 0.308. The molecule has 2 rings (SSSR count). The SMILES string of the molecule is Cc1ccc(C#N)cc1NC(=O)[C@@H]1C[C@@H]1C(=O)O. The van der Waals surface area contributed by atoms with Crippen LogP contribution in [0.3, 0.4) is 0 Å². The topological polar surface area (TPSA) is 90.2 Å². The summed E-state index contributed by atoms with van der Waals surface area (Å²) in [6.45, 7) is 1.82. The summed E-state index contributed by atoms with van der Waals surface area (Å²) in [5.41, 5.74) is 1.87. The van der Waals surface area contributed by atoms with Gasteiger partial charge < -0.3 is 10.4 Å². The number of aryl methyl sites for hydroxylation is 1. The van der Waals surface area contributed by atoms with Crippen LogP contribution in [-0.4, -0.2) is 17.0 Å². The fourth-order valence-electron chi connectivity index (χ4n) is 1.81. The van der Waals surface area contributed by atoms with E-state index < -0.39 is 17.8 Å². The molecular formula is C13H12N2O3. The Hall–Kier alpha value is -2.35. The van der Waals surface area contributed by atoms with Crippen LogP contribution in [0.2, 0.25) is 0 Å². The molecule has 0 spiro atoms. The zero-order valence-corrected chi connectivity index (χ0v) is 9.80. The summed E-state index contributed by atoms with van der Waals surface area (Å²) in [7, 11) is 0. The fourth-order valence-corrected chi connectivity index (χ4v) is 1.81. The number of nitrogens with one attached hydrogen (secondary N) is 1. The van der Waals surface area contributed by atoms with Crippen molar-refractivity contribution < 1.29 is 14.7 Å². The van der Waals surface area contributed by atoms with Gasteiger partial charge >= 0.3 is 5.97 Å². The maximum atomic E-state index is 11.8. The Kier molecular flexibility index (Phi) is 3.02. The second-order valence-corrected chi connectivity index (χ2v) is 4.42. The van der Waals surface area contributed by atoms with Crippen LogP contribution in [0.5, 0.6) is 0 Å². The summed E-state index contributed by atoms with van der Waals surface area (Å²) in [6.07, 6.45) is 0.387. The number of amides is 1. The molecule has 0 unspecified atom stereocenters. The van der Waals surface area contributed by atoms with E-state index in [1.165, 1.54) is 0 Å². The summed E-state index contributed by atoms with van der Waals surface area (Å²) in [4.78, 5) is 22.5. The zero-order chi connectivity index (χ0) is 13.3. The van der Waals surface area contributed by atoms with Crippen LogP contribution in [0.15, 0.2) is 18.2 Å². The molecule has 1 amide bonds. The molecule has 5 nitrogen and oxygen atoms in total. The number of nitrogens with zero attached hydrogens (tertiary/aromatic N) is 1. The van der Waals surface area contributed by atoms with E-state index in [4.69, 9.17) is 10.4 Å². The maximum absolute atomic E-state index is 11.8. The minimum absolute atomic E-state index is 0.291. The minimum atomic E-state index is -0.933. The molecule has 1 aliphatic rings. The van der Waals surface area contributed by atoms with Crippen molar-refractivity contribution >= 4 is 17.6 Å². The monoisotopic (exact) mass is 244 g/mol. The number of carboxylic acid groups (broad SMARTS) is 1. The number of benzene rings is 1. The largest absolute Gasteiger partial charge is 0.481 e. The third-order valence-electron chi connectivity index (χ3n) is 3.07. The lowest BCUT2D eigenvalue weighted by Gasteiger charge is -2.08. The predicted molar refractivity (Wildman–Crippen MR) is 63.8 cm³/mol. The van der Waals surface area contributed by atoms with Gasteiger partial charge in [0.05, 0.1) is 23.5 Å². The van der Waals surface area contributed by atoms with Gasteiger partial charge in [0.2, 0.25) is 5.91 Å². The van der Waals surface area contributed by atoms with Crippen molar-refractivity contribution in [2.45, 2.75) is 13.3 Å². The van der Waals surface area contributed by atoms with Gasteiger partial charge in [-0.1, -0.05) is 6.07 Å². The summed E-state index contributed by atoms with van der Waals surface area (Å²) >= 11 is 0. The van der Waals surface area contributed by atoms with Gasteiger partial charge in [0.25, 0.3) is 0 Å². The van der Waals surface area contributed by atoms with Gasteiger partial charge in [0.15, 0.2) is 0 Å². The highest BCUT2D eigenvalue weighted by Gasteiger charge is 2.48. The van der Waals surface area contributed by atoms with Gasteiger partial charge in [-0.25, -0.2) is 0 Å². The molecule has 2 atom stereocenters. The highest BCUT2D eigenvalue weighted by Crippen LogP contribution is 2.39. The summed E-state index contributed by atoms with van der Waals surface area (Å²) in [5.74, 6) is -2.24. The Balaban J connectivity index is 2.09. The lowest BCUT2D eigenvalue weighted by atomic mass is 10.1. The summed E-state index contributed by atoms with van der Waals surface area (Å²) < 4.78 is 0. The first-order chi connectivity index (χ1) is 8.52. The Labute approximate surface area is 104 Å². The second-order valence-electron chi connectivity index (χ2n) is 4.42. The number of rotatable bonds is 3. The normalized spacial score (nSPS) is 20.9. The molecule has 0 bridgehead atoms. The number of nitriles is 1. The van der Waals surface area contributed by atoms with Crippen molar-refractivity contribution in [1.29, 1.82) is 5.26 Å². The van der Waals surface area contributed by atoms with Crippen LogP contribution in [0.25, 0.3) is 0 Å². The third kappa shape index (κ3) is 2.33. The standard InChI is InChI=1S/C13H12N2O3/c1-7-2-3-8(6-14)4-11(7)15-12(16)9-5-10(9)13(17)18/h2-4,9-10H,5H2,1H3,(H,15,16)(H,17,18)/t9-,10+/m1/s1. The zero-order valence-electron chi connectivity index (χ0n) is 9.80. The van der Waals surface area contributed by atoms with E-state index in [0.717, 1.165) is 5.56 Å². The van der Waals surface area contributed by atoms with Crippen LogP contribution in [0, 0.1) is 30.1 Å². The lowest BCUT2D eigenvalue weighted by molar-refractivity contribution is -0.139. The summed E-state index contributed by atoms with van der Waals surface area (Å²) in [5, 5.41) is 20.2. The first-order valence-corrected chi connectivity index (χ1v) is 5.57. The first-order valence-electron chi connectivity index (χ1n) is 5.57. The molecule has 18 heavy (non-hydrogen) atoms. The van der Waals surface area contributed by atoms with E-state index in [1.807, 2.05) is 13.0 Å². The number of hydrogen-bond acceptors (Lipinski definition) is 3. The molecule has 1 aromatic rings. The Morgan fingerprint density at radius 3 is 2.72 bits per heavy atom. The number of hydrogen-bond donors (Lipinski definition) is 2. The van der Waals surface area contributed by atoms with Gasteiger partial charge in [-0.3, -0.25) is 9.59 Å². The molecule has 0 radical (unpaired) electrons. The number of anilines is 1. The molecule has 92 valence electrons. The van der Waals surface area contributed by atoms with Gasteiger partial charge in [0, 0.05) is 5.69 Å². The average Bonchev–Trinajstić information content (AvgIpc) is 3.12. The second kappa shape index (κ2) is 4.49. The average molecular weight is 244 g/mol. The van der Waals surface area contributed by atoms with E-state index in [0.29, 0.717) is 17.7 Å². The van der Waals surface area contributed by atoms with Gasteiger partial charge in [-0.05, 0) is 31.0 Å². The molecule has 1 aromatic carbocycles. The van der Waals surface area contributed by atoms with Crippen LogP contribution < -0.4 is 5.32 Å². The van der Waals surface area contributed by atoms with Crippen molar-refractivity contribution in [2.75, 3.05) is 5.32 Å². The van der Waals surface area contributed by atoms with E-state index >= 15 is 0 Å². The molecule has 0 aromatic heterocycles. The van der Waals surface area contributed by atoms with Crippen molar-refractivity contribution in [3.63, 3.8) is 0 Å². The van der Waals surface area contributed by atoms with Crippen LogP contribution in [-0.2, 0) is 9.59 Å². The molecule has 2 N–H and O–H groups in total. The number of carboxylic acids is 1. The smallest absolute Gasteiger partial charge is 0.307 e. The lowest BCUT2D eigenvalue weighted by Crippen LogP contribution is -2.17. The highest BCUT2D eigenvalue weighted by molar-refractivity contribution is 5.98. The van der Waals surface area contributed by atoms with Gasteiger partial charge in [0.1, 0.15) is 0 Å². The predicted octanol–water partition coefficient (Wildman–Crippen LogP) is 1.53. The Morgan fingerprint density at radius 2 is 2.17 bits per heavy atom. The summed E-state index contributed by atoms with van der Waals surface area (Å²) in [6, 6.07) is 7.00. The molecule has 0 saturated heterocycles. The molecule has 0 heterocycles. The van der Waals surface area contributed by atoms with E-state index in [1.54, 1.807) is 18.2 Å². The van der Waals surface area contributed by atoms with Crippen LogP contribution in [0.4, 0.5) is 5.69 Å². The Morgan fingerprint density at radius 1 is 1.44 bits per heavy atom. The van der Waals surface area contributed by atoms with E-state index in [2.05, 4.69) is 5.32 Å². The first kappa shape index (κ1) is 12.1. The minimum Gasteiger partial charge on any atom is -0.481 e. The van der Waals surface area contributed by atoms with E-state index in [9.17, 15) is 9.59 Å². The number of carbonyl (C=O) groups excluding carboxylic acids is 1. The number of carbonyl (C=O) groups is 2. The van der Waals surface area contributed by atoms with Gasteiger partial charge in [-0.2, -0.15) is 5.26 Å². The van der Waals surface area contributed by atoms with E-state index in [-0.39, 0.29) is 5.91 Å². The highest BCUT2D eigenvalue weighted by atomic mass is 16.4. The quantitative estimate of drug-likeness (QED) is 0.843. The van der Waals surface area contributed by atoms with Crippen molar-refractivity contribution in [1.82, 2.24) is 0 Å². The molecule has 1 fully saturated rings. The third-order valence-corrected chi connectivity index (χ3v) is 3.07. The Bertz CT molecular complexity index is 560. The van der Waals surface area contributed by atoms with Crippen molar-refractivity contribution in [2.24, 2.45) is 11.8 Å². The maximum Gasteiger partial charge on any atom is 0.307 e. The van der Waals surface area contributed by atoms with Crippen LogP contribution in [0.1, 0.15) is 17.5 Å². The molecule has 1 saturated carbocycles.